The molecule has 3 heteroatoms. The molecule has 1 unspecified atom stereocenters. The van der Waals surface area contributed by atoms with Crippen LogP contribution in [0, 0.1) is 5.82 Å². The molecule has 1 aliphatic rings. The Morgan fingerprint density at radius 2 is 2.00 bits per heavy atom. The van der Waals surface area contributed by atoms with Gasteiger partial charge in [-0.15, -0.1) is 0 Å². The summed E-state index contributed by atoms with van der Waals surface area (Å²) < 4.78 is 13.3. The largest absolute Gasteiger partial charge is 0.383 e. The Labute approximate surface area is 112 Å². The number of anilines is 2. The van der Waals surface area contributed by atoms with Gasteiger partial charge in [-0.2, -0.15) is 0 Å². The lowest BCUT2D eigenvalue weighted by molar-refractivity contribution is 0.615. The molecule has 19 heavy (non-hydrogen) atoms. The molecule has 2 aromatic rings. The van der Waals surface area contributed by atoms with Crippen LogP contribution in [0.15, 0.2) is 48.5 Å². The first-order valence-corrected chi connectivity index (χ1v) is 6.54. The van der Waals surface area contributed by atoms with E-state index in [1.165, 1.54) is 17.3 Å². The minimum absolute atomic E-state index is 0.187. The maximum absolute atomic E-state index is 13.3. The third-order valence-corrected chi connectivity index (χ3v) is 3.76. The number of hydrogen-bond donors (Lipinski definition) is 1. The topological polar surface area (TPSA) is 15.3 Å². The number of nitrogens with one attached hydrogen (secondary N) is 1. The van der Waals surface area contributed by atoms with E-state index in [-0.39, 0.29) is 5.82 Å². The molecule has 0 fully saturated rings. The summed E-state index contributed by atoms with van der Waals surface area (Å²) in [5, 5.41) is 3.44. The third kappa shape index (κ3) is 2.41. The zero-order valence-electron chi connectivity index (χ0n) is 10.9. The quantitative estimate of drug-likeness (QED) is 0.887. The Morgan fingerprint density at radius 3 is 2.84 bits per heavy atom. The minimum atomic E-state index is -0.187. The summed E-state index contributed by atoms with van der Waals surface area (Å²) in [6.07, 6.45) is 0.982. The van der Waals surface area contributed by atoms with Crippen LogP contribution < -0.4 is 10.2 Å². The van der Waals surface area contributed by atoms with Gasteiger partial charge < -0.3 is 10.2 Å². The lowest BCUT2D eigenvalue weighted by Gasteiger charge is -2.34. The van der Waals surface area contributed by atoms with Crippen molar-refractivity contribution < 1.29 is 4.39 Å². The highest BCUT2D eigenvalue weighted by Gasteiger charge is 2.21. The van der Waals surface area contributed by atoms with E-state index in [2.05, 4.69) is 28.4 Å². The molecule has 1 atom stereocenters. The SMILES string of the molecule is CN(c1cccc(F)c1)C1CNc2ccccc2C1. The van der Waals surface area contributed by atoms with E-state index >= 15 is 0 Å². The summed E-state index contributed by atoms with van der Waals surface area (Å²) in [6.45, 7) is 0.879. The predicted molar refractivity (Wildman–Crippen MR) is 77.2 cm³/mol. The number of likely N-dealkylation sites (N-methyl/N-ethyl adjacent to an activating group) is 1. The van der Waals surface area contributed by atoms with Gasteiger partial charge in [0.05, 0.1) is 0 Å². The van der Waals surface area contributed by atoms with Crippen molar-refractivity contribution in [2.45, 2.75) is 12.5 Å². The molecule has 2 aromatic carbocycles. The van der Waals surface area contributed by atoms with Gasteiger partial charge in [0.15, 0.2) is 0 Å². The smallest absolute Gasteiger partial charge is 0.125 e. The molecule has 0 saturated carbocycles. The van der Waals surface area contributed by atoms with Crippen molar-refractivity contribution in [2.24, 2.45) is 0 Å². The van der Waals surface area contributed by atoms with Crippen molar-refractivity contribution in [1.29, 1.82) is 0 Å². The number of benzene rings is 2. The van der Waals surface area contributed by atoms with E-state index in [4.69, 9.17) is 0 Å². The standard InChI is InChI=1S/C16H17FN2/c1-19(14-7-4-6-13(17)10-14)15-9-12-5-2-3-8-16(12)18-11-15/h2-8,10,15,18H,9,11H2,1H3. The molecule has 0 bridgehead atoms. The zero-order chi connectivity index (χ0) is 13.2. The first kappa shape index (κ1) is 12.0. The Bertz CT molecular complexity index is 582. The third-order valence-electron chi connectivity index (χ3n) is 3.76. The second-order valence-corrected chi connectivity index (χ2v) is 4.99. The molecule has 0 aliphatic carbocycles. The summed E-state index contributed by atoms with van der Waals surface area (Å²) in [7, 11) is 2.02. The number of nitrogens with zero attached hydrogens (tertiary/aromatic N) is 1. The molecule has 1 heterocycles. The summed E-state index contributed by atoms with van der Waals surface area (Å²) in [4.78, 5) is 2.14. The summed E-state index contributed by atoms with van der Waals surface area (Å²) in [6, 6.07) is 15.5. The monoisotopic (exact) mass is 256 g/mol. The first-order chi connectivity index (χ1) is 9.24. The molecule has 98 valence electrons. The van der Waals surface area contributed by atoms with Crippen LogP contribution in [-0.2, 0) is 6.42 Å². The van der Waals surface area contributed by atoms with Crippen molar-refractivity contribution in [3.8, 4) is 0 Å². The van der Waals surface area contributed by atoms with Crippen molar-refractivity contribution >= 4 is 11.4 Å². The van der Waals surface area contributed by atoms with Crippen LogP contribution in [0.4, 0.5) is 15.8 Å². The molecule has 0 radical (unpaired) electrons. The average molecular weight is 256 g/mol. The van der Waals surface area contributed by atoms with Crippen LogP contribution in [0.1, 0.15) is 5.56 Å². The fourth-order valence-electron chi connectivity index (χ4n) is 2.60. The van der Waals surface area contributed by atoms with E-state index in [1.807, 2.05) is 19.2 Å². The molecule has 3 rings (SSSR count). The van der Waals surface area contributed by atoms with E-state index in [0.717, 1.165) is 18.7 Å². The molecule has 0 spiro atoms. The van der Waals surface area contributed by atoms with Gasteiger partial charge in [-0.3, -0.25) is 0 Å². The van der Waals surface area contributed by atoms with Gasteiger partial charge in [0.25, 0.3) is 0 Å². The van der Waals surface area contributed by atoms with Crippen LogP contribution in [0.25, 0.3) is 0 Å². The number of rotatable bonds is 2. The molecular formula is C16H17FN2. The second kappa shape index (κ2) is 4.92. The molecule has 0 saturated heterocycles. The van der Waals surface area contributed by atoms with Gasteiger partial charge in [-0.05, 0) is 36.2 Å². The minimum Gasteiger partial charge on any atom is -0.383 e. The lowest BCUT2D eigenvalue weighted by Crippen LogP contribution is -2.41. The van der Waals surface area contributed by atoms with Gasteiger partial charge in [0.1, 0.15) is 5.82 Å². The lowest BCUT2D eigenvalue weighted by atomic mass is 9.98. The van der Waals surface area contributed by atoms with Crippen molar-refractivity contribution in [3.05, 3.63) is 59.9 Å². The molecule has 0 amide bonds. The highest BCUT2D eigenvalue weighted by atomic mass is 19.1. The van der Waals surface area contributed by atoms with Crippen LogP contribution in [0.5, 0.6) is 0 Å². The summed E-state index contributed by atoms with van der Waals surface area (Å²) in [5.41, 5.74) is 3.46. The van der Waals surface area contributed by atoms with Crippen molar-refractivity contribution in [2.75, 3.05) is 23.8 Å². The maximum Gasteiger partial charge on any atom is 0.125 e. The van der Waals surface area contributed by atoms with E-state index < -0.39 is 0 Å². The molecule has 2 nitrogen and oxygen atoms in total. The number of fused-ring (bicyclic) bond motifs is 1. The first-order valence-electron chi connectivity index (χ1n) is 6.54. The van der Waals surface area contributed by atoms with Crippen molar-refractivity contribution in [1.82, 2.24) is 0 Å². The highest BCUT2D eigenvalue weighted by molar-refractivity contribution is 5.56. The zero-order valence-corrected chi connectivity index (χ0v) is 10.9. The Hall–Kier alpha value is -2.03. The molecule has 1 aliphatic heterocycles. The summed E-state index contributed by atoms with van der Waals surface area (Å²) >= 11 is 0. The van der Waals surface area contributed by atoms with E-state index in [1.54, 1.807) is 12.1 Å². The fraction of sp³-hybridized carbons (Fsp3) is 0.250. The van der Waals surface area contributed by atoms with Gasteiger partial charge in [-0.25, -0.2) is 4.39 Å². The number of para-hydroxylation sites is 1. The van der Waals surface area contributed by atoms with E-state index in [0.29, 0.717) is 6.04 Å². The van der Waals surface area contributed by atoms with Gasteiger partial charge >= 0.3 is 0 Å². The maximum atomic E-state index is 13.3. The van der Waals surface area contributed by atoms with Gasteiger partial charge in [0.2, 0.25) is 0 Å². The second-order valence-electron chi connectivity index (χ2n) is 4.99. The summed E-state index contributed by atoms with van der Waals surface area (Å²) in [5.74, 6) is -0.187. The number of halogens is 1. The molecule has 0 aromatic heterocycles. The Kier molecular flexibility index (Phi) is 3.11. The van der Waals surface area contributed by atoms with Crippen LogP contribution in [0.2, 0.25) is 0 Å². The van der Waals surface area contributed by atoms with Gasteiger partial charge in [0, 0.05) is 31.0 Å². The van der Waals surface area contributed by atoms with Crippen LogP contribution >= 0.6 is 0 Å². The van der Waals surface area contributed by atoms with Crippen LogP contribution in [0.3, 0.4) is 0 Å². The van der Waals surface area contributed by atoms with Crippen LogP contribution in [-0.4, -0.2) is 19.6 Å². The van der Waals surface area contributed by atoms with Gasteiger partial charge in [-0.1, -0.05) is 24.3 Å². The molecule has 1 N–H and O–H groups in total. The molecular weight excluding hydrogens is 239 g/mol. The van der Waals surface area contributed by atoms with Crippen molar-refractivity contribution in [3.63, 3.8) is 0 Å². The fourth-order valence-corrected chi connectivity index (χ4v) is 2.60. The van der Waals surface area contributed by atoms with E-state index in [9.17, 15) is 4.39 Å². The average Bonchev–Trinajstić information content (AvgIpc) is 2.46. The normalized spacial score (nSPS) is 17.5. The predicted octanol–water partition coefficient (Wildman–Crippen LogP) is 3.30. The Morgan fingerprint density at radius 1 is 1.16 bits per heavy atom. The number of hydrogen-bond acceptors (Lipinski definition) is 2. The highest BCUT2D eigenvalue weighted by Crippen LogP contribution is 2.26. The Balaban J connectivity index is 1.81.